The van der Waals surface area contributed by atoms with E-state index in [2.05, 4.69) is 183 Å². The highest BCUT2D eigenvalue weighted by atomic mass is 28.3. The summed E-state index contributed by atoms with van der Waals surface area (Å²) in [5.74, 6) is 0. The van der Waals surface area contributed by atoms with Gasteiger partial charge >= 0.3 is 0 Å². The molecule has 0 bridgehead atoms. The second-order valence-electron chi connectivity index (χ2n) is 15.7. The molecule has 0 saturated heterocycles. The smallest absolute Gasteiger partial charge is 0.0758 e. The van der Waals surface area contributed by atoms with Crippen LogP contribution in [0.25, 0.3) is 34.4 Å². The van der Waals surface area contributed by atoms with Crippen molar-refractivity contribution >= 4 is 28.3 Å². The van der Waals surface area contributed by atoms with E-state index in [0.29, 0.717) is 22.2 Å². The Labute approximate surface area is 298 Å². The maximum atomic E-state index is 2.81. The summed E-state index contributed by atoms with van der Waals surface area (Å²) in [7, 11) is -4.40. The van der Waals surface area contributed by atoms with Crippen molar-refractivity contribution in [3.05, 3.63) is 202 Å². The van der Waals surface area contributed by atoms with Gasteiger partial charge in [-0.25, -0.2) is 0 Å². The average molecular weight is 675 g/mol. The zero-order valence-corrected chi connectivity index (χ0v) is 30.9. The zero-order valence-electron chi connectivity index (χ0n) is 28.9. The predicted octanol–water partition coefficient (Wildman–Crippen LogP) is 12.5. The summed E-state index contributed by atoms with van der Waals surface area (Å²) in [6, 6.07) is 58.7. The number of fused-ring (bicyclic) bond motifs is 8. The lowest BCUT2D eigenvalue weighted by Crippen LogP contribution is -2.50. The largest absolute Gasteiger partial charge is 0.0791 e. The molecule has 0 amide bonds. The molecule has 2 heteroatoms. The Morgan fingerprint density at radius 2 is 0.660 bits per heavy atom. The van der Waals surface area contributed by atoms with E-state index in [1.54, 1.807) is 33.4 Å². The van der Waals surface area contributed by atoms with E-state index in [0.717, 1.165) is 0 Å². The molecule has 2 atom stereocenters. The first-order valence-electron chi connectivity index (χ1n) is 18.5. The van der Waals surface area contributed by atoms with Crippen LogP contribution in [0.4, 0.5) is 0 Å². The normalized spacial score (nSPS) is 19.4. The van der Waals surface area contributed by atoms with Crippen LogP contribution in [0.5, 0.6) is 0 Å². The van der Waals surface area contributed by atoms with Crippen LogP contribution in [-0.4, -0.2) is 16.1 Å². The summed E-state index contributed by atoms with van der Waals surface area (Å²) >= 11 is 0. The fraction of sp³-hybridized carbons (Fsp3) is 0.167. The predicted molar refractivity (Wildman–Crippen MR) is 217 cm³/mol. The van der Waals surface area contributed by atoms with Gasteiger partial charge in [0.05, 0.1) is 16.1 Å². The summed E-state index contributed by atoms with van der Waals surface area (Å²) in [6.45, 7) is 5.58. The summed E-state index contributed by atoms with van der Waals surface area (Å²) < 4.78 is 0. The molecule has 50 heavy (non-hydrogen) atoms. The number of hydrogen-bond donors (Lipinski definition) is 0. The van der Waals surface area contributed by atoms with Crippen molar-refractivity contribution in [3.8, 4) is 22.3 Å². The highest BCUT2D eigenvalue weighted by Crippen LogP contribution is 2.60. The van der Waals surface area contributed by atoms with Crippen LogP contribution in [0.2, 0.25) is 25.2 Å². The lowest BCUT2D eigenvalue weighted by molar-refractivity contribution is 0.946. The van der Waals surface area contributed by atoms with Crippen molar-refractivity contribution < 1.29 is 0 Å². The highest BCUT2D eigenvalue weighted by Gasteiger charge is 2.54. The van der Waals surface area contributed by atoms with E-state index >= 15 is 0 Å². The van der Waals surface area contributed by atoms with Gasteiger partial charge in [0.1, 0.15) is 0 Å². The SMILES string of the molecule is C[Si](CC[Si](C)(C1c2ccccc2-c2ccccc21)C1c2ccccc2-c2ccccc21)(C1C=Cc2ccccc21)C1C=Cc2ccccc21. The molecular weight excluding hydrogens is 633 g/mol. The standard InChI is InChI=1S/C48H42Si2/c1-49(45-29-27-33-15-3-5-17-35(33)45,46-30-28-34-16-4-6-18-36(34)46)31-32-50(2,47-41-23-11-7-19-37(41)38-20-8-12-24-42(38)47)48-43-25-13-9-21-39(43)40-22-10-14-26-44(40)48/h3-30,45-48H,31-32H2,1-2H3. The van der Waals surface area contributed by atoms with Gasteiger partial charge < -0.3 is 0 Å². The van der Waals surface area contributed by atoms with Crippen LogP contribution >= 0.6 is 0 Å². The van der Waals surface area contributed by atoms with E-state index in [-0.39, 0.29) is 0 Å². The second-order valence-corrected chi connectivity index (χ2v) is 25.1. The number of benzene rings is 6. The summed E-state index contributed by atoms with van der Waals surface area (Å²) in [5, 5.41) is 0. The molecule has 0 aliphatic heterocycles. The average Bonchev–Trinajstić information content (AvgIpc) is 3.95. The molecule has 2 unspecified atom stereocenters. The van der Waals surface area contributed by atoms with Crippen molar-refractivity contribution in [1.29, 1.82) is 0 Å². The molecule has 10 rings (SSSR count). The van der Waals surface area contributed by atoms with E-state index < -0.39 is 16.1 Å². The molecule has 4 aliphatic rings. The van der Waals surface area contributed by atoms with E-state index in [9.17, 15) is 0 Å². The van der Waals surface area contributed by atoms with E-state index in [1.165, 1.54) is 45.5 Å². The summed E-state index contributed by atoms with van der Waals surface area (Å²) in [6.07, 6.45) is 10.1. The number of allylic oxidation sites excluding steroid dienone is 2. The van der Waals surface area contributed by atoms with Crippen LogP contribution in [-0.2, 0) is 0 Å². The zero-order chi connectivity index (χ0) is 33.5. The molecule has 0 spiro atoms. The maximum Gasteiger partial charge on any atom is 0.0758 e. The Bertz CT molecular complexity index is 2110. The van der Waals surface area contributed by atoms with Crippen LogP contribution in [0.15, 0.2) is 158 Å². The minimum absolute atomic E-state index is 0.426. The third kappa shape index (κ3) is 4.28. The van der Waals surface area contributed by atoms with Gasteiger partial charge in [0.2, 0.25) is 0 Å². The van der Waals surface area contributed by atoms with Crippen molar-refractivity contribution in [2.24, 2.45) is 0 Å². The Morgan fingerprint density at radius 3 is 1.04 bits per heavy atom. The molecule has 4 aliphatic carbocycles. The Balaban J connectivity index is 1.18. The molecule has 6 aromatic rings. The van der Waals surface area contributed by atoms with E-state index in [4.69, 9.17) is 0 Å². The van der Waals surface area contributed by atoms with Gasteiger partial charge in [0.25, 0.3) is 0 Å². The van der Waals surface area contributed by atoms with Gasteiger partial charge in [-0.2, -0.15) is 0 Å². The molecule has 0 radical (unpaired) electrons. The Hall–Kier alpha value is -4.77. The fourth-order valence-electron chi connectivity index (χ4n) is 10.9. The van der Waals surface area contributed by atoms with Crippen molar-refractivity contribution in [2.75, 3.05) is 0 Å². The van der Waals surface area contributed by atoms with E-state index in [1.807, 2.05) is 0 Å². The molecule has 0 heterocycles. The van der Waals surface area contributed by atoms with Crippen LogP contribution < -0.4 is 0 Å². The molecule has 0 N–H and O–H groups in total. The first-order valence-corrected chi connectivity index (χ1v) is 24.2. The van der Waals surface area contributed by atoms with Crippen molar-refractivity contribution in [3.63, 3.8) is 0 Å². The molecule has 242 valence electrons. The third-order valence-electron chi connectivity index (χ3n) is 13.2. The highest BCUT2D eigenvalue weighted by molar-refractivity contribution is 6.88. The minimum atomic E-state index is -2.30. The Morgan fingerprint density at radius 1 is 0.360 bits per heavy atom. The molecule has 0 saturated carbocycles. The van der Waals surface area contributed by atoms with Gasteiger partial charge in [-0.15, -0.1) is 0 Å². The number of hydrogen-bond acceptors (Lipinski definition) is 0. The monoisotopic (exact) mass is 674 g/mol. The quantitative estimate of drug-likeness (QED) is 0.148. The van der Waals surface area contributed by atoms with Crippen LogP contribution in [0, 0.1) is 0 Å². The van der Waals surface area contributed by atoms with Gasteiger partial charge in [0.15, 0.2) is 0 Å². The first kappa shape index (κ1) is 30.1. The molecule has 6 aromatic carbocycles. The number of rotatable bonds is 7. The van der Waals surface area contributed by atoms with Crippen LogP contribution in [0.1, 0.15) is 66.7 Å². The molecule has 0 nitrogen and oxygen atoms in total. The van der Waals surface area contributed by atoms with Gasteiger partial charge in [-0.05, 0) is 77.8 Å². The van der Waals surface area contributed by atoms with Crippen LogP contribution in [0.3, 0.4) is 0 Å². The minimum Gasteiger partial charge on any atom is -0.0791 e. The maximum absolute atomic E-state index is 2.81. The first-order chi connectivity index (χ1) is 24.6. The summed E-state index contributed by atoms with van der Waals surface area (Å²) in [5.41, 5.74) is 19.8. The summed E-state index contributed by atoms with van der Waals surface area (Å²) in [4.78, 5) is 0. The van der Waals surface area contributed by atoms with Gasteiger partial charge in [0, 0.05) is 11.1 Å². The fourth-order valence-corrected chi connectivity index (χ4v) is 24.0. The Kier molecular flexibility index (Phi) is 6.85. The van der Waals surface area contributed by atoms with Crippen molar-refractivity contribution in [2.45, 2.75) is 47.3 Å². The third-order valence-corrected chi connectivity index (χ3v) is 24.1. The topological polar surface area (TPSA) is 0 Å². The van der Waals surface area contributed by atoms with Gasteiger partial charge in [-0.1, -0.05) is 195 Å². The molecule has 0 fully saturated rings. The molecule has 0 aromatic heterocycles. The lowest BCUT2D eigenvalue weighted by Gasteiger charge is -2.46. The van der Waals surface area contributed by atoms with Crippen molar-refractivity contribution in [1.82, 2.24) is 0 Å². The lowest BCUT2D eigenvalue weighted by atomic mass is 10.1. The molecular formula is C48H42Si2. The second kappa shape index (κ2) is 11.4. The van der Waals surface area contributed by atoms with Gasteiger partial charge in [-0.3, -0.25) is 0 Å².